The van der Waals surface area contributed by atoms with Gasteiger partial charge in [-0.1, -0.05) is 17.7 Å². The number of hydrogen-bond donors (Lipinski definition) is 2. The maximum absolute atomic E-state index is 12.1. The van der Waals surface area contributed by atoms with E-state index in [2.05, 4.69) is 9.82 Å². The topological polar surface area (TPSA) is 99.2 Å². The van der Waals surface area contributed by atoms with Crippen LogP contribution in [0, 0.1) is 0 Å². The number of nitrogen functional groups attached to an aromatic ring is 1. The monoisotopic (exact) mass is 330 g/mol. The van der Waals surface area contributed by atoms with Gasteiger partial charge < -0.3 is 10.5 Å². The zero-order chi connectivity index (χ0) is 15.5. The van der Waals surface area contributed by atoms with Crippen molar-refractivity contribution in [3.05, 3.63) is 35.5 Å². The first kappa shape index (κ1) is 15.6. The predicted molar refractivity (Wildman–Crippen MR) is 79.8 cm³/mol. The second-order valence-electron chi connectivity index (χ2n) is 4.24. The van der Waals surface area contributed by atoms with Crippen LogP contribution < -0.4 is 15.2 Å². The van der Waals surface area contributed by atoms with Crippen LogP contribution in [0.25, 0.3) is 0 Å². The van der Waals surface area contributed by atoms with Crippen molar-refractivity contribution in [2.24, 2.45) is 7.05 Å². The molecule has 0 aliphatic carbocycles. The van der Waals surface area contributed by atoms with Crippen LogP contribution in [0.2, 0.25) is 5.02 Å². The number of ether oxygens (including phenoxy) is 1. The fraction of sp³-hybridized carbons (Fsp3) is 0.250. The third-order valence-electron chi connectivity index (χ3n) is 2.62. The number of sulfonamides is 1. The van der Waals surface area contributed by atoms with Gasteiger partial charge in [-0.2, -0.15) is 5.10 Å². The minimum absolute atomic E-state index is 0.0711. The van der Waals surface area contributed by atoms with Gasteiger partial charge in [0.25, 0.3) is 10.0 Å². The molecule has 1 heterocycles. The van der Waals surface area contributed by atoms with Crippen LogP contribution in [0.4, 0.5) is 5.69 Å². The zero-order valence-corrected chi connectivity index (χ0v) is 12.9. The number of benzene rings is 1. The molecule has 1 aromatic heterocycles. The maximum Gasteiger partial charge on any atom is 0.259 e. The average molecular weight is 331 g/mol. The predicted octanol–water partition coefficient (Wildman–Crippen LogP) is 1.01. The largest absolute Gasteiger partial charge is 0.492 e. The van der Waals surface area contributed by atoms with Gasteiger partial charge in [-0.3, -0.25) is 4.68 Å². The molecule has 9 heteroatoms. The third kappa shape index (κ3) is 3.87. The molecule has 0 aliphatic rings. The molecule has 0 saturated carbocycles. The highest BCUT2D eigenvalue weighted by molar-refractivity contribution is 7.89. The lowest BCUT2D eigenvalue weighted by Gasteiger charge is -2.09. The summed E-state index contributed by atoms with van der Waals surface area (Å²) in [4.78, 5) is 0. The Hall–Kier alpha value is -1.77. The number of rotatable bonds is 6. The molecule has 0 spiro atoms. The van der Waals surface area contributed by atoms with Crippen molar-refractivity contribution < 1.29 is 13.2 Å². The molecule has 2 aromatic rings. The first-order valence-electron chi connectivity index (χ1n) is 6.05. The summed E-state index contributed by atoms with van der Waals surface area (Å²) in [6.45, 7) is 0.261. The molecular formula is C12H15ClN4O3S. The lowest BCUT2D eigenvalue weighted by Crippen LogP contribution is -2.30. The summed E-state index contributed by atoms with van der Waals surface area (Å²) in [6, 6.07) is 6.89. The van der Waals surface area contributed by atoms with Gasteiger partial charge in [0.15, 0.2) is 5.03 Å². The lowest BCUT2D eigenvalue weighted by molar-refractivity contribution is 0.323. The van der Waals surface area contributed by atoms with E-state index >= 15 is 0 Å². The molecule has 114 valence electrons. The van der Waals surface area contributed by atoms with E-state index in [0.29, 0.717) is 11.4 Å². The molecule has 7 nitrogen and oxygen atoms in total. The Morgan fingerprint density at radius 1 is 1.48 bits per heavy atom. The standard InChI is InChI=1S/C12H15ClN4O3S/c1-17-12(11(13)8-15-17)21(18,19)16-5-6-20-10-4-2-3-9(14)7-10/h2-4,7-8,16H,5-6,14H2,1H3. The molecule has 0 fully saturated rings. The summed E-state index contributed by atoms with van der Waals surface area (Å²) in [5, 5.41) is 3.78. The Morgan fingerprint density at radius 3 is 2.86 bits per heavy atom. The number of anilines is 1. The molecule has 0 amide bonds. The molecule has 0 radical (unpaired) electrons. The number of nitrogens with one attached hydrogen (secondary N) is 1. The van der Waals surface area contributed by atoms with Gasteiger partial charge in [-0.25, -0.2) is 13.1 Å². The Balaban J connectivity index is 1.91. The number of nitrogens with zero attached hydrogens (tertiary/aromatic N) is 2. The van der Waals surface area contributed by atoms with E-state index in [1.807, 2.05) is 0 Å². The molecule has 0 bridgehead atoms. The summed E-state index contributed by atoms with van der Waals surface area (Å²) >= 11 is 5.81. The molecule has 2 rings (SSSR count). The van der Waals surface area contributed by atoms with Crippen LogP contribution >= 0.6 is 11.6 Å². The minimum atomic E-state index is -3.73. The molecule has 1 aromatic carbocycles. The quantitative estimate of drug-likeness (QED) is 0.608. The maximum atomic E-state index is 12.1. The number of nitrogens with two attached hydrogens (primary N) is 1. The Morgan fingerprint density at radius 2 is 2.24 bits per heavy atom. The molecule has 0 atom stereocenters. The van der Waals surface area contributed by atoms with Crippen molar-refractivity contribution >= 4 is 27.3 Å². The van der Waals surface area contributed by atoms with Crippen LogP contribution in [0.15, 0.2) is 35.5 Å². The van der Waals surface area contributed by atoms with E-state index in [-0.39, 0.29) is 23.2 Å². The first-order chi connectivity index (χ1) is 9.90. The molecule has 21 heavy (non-hydrogen) atoms. The SMILES string of the molecule is Cn1ncc(Cl)c1S(=O)(=O)NCCOc1cccc(N)c1. The van der Waals surface area contributed by atoms with Crippen LogP contribution in [-0.4, -0.2) is 31.3 Å². The van der Waals surface area contributed by atoms with Gasteiger partial charge in [0.2, 0.25) is 0 Å². The van der Waals surface area contributed by atoms with Crippen molar-refractivity contribution in [3.63, 3.8) is 0 Å². The fourth-order valence-electron chi connectivity index (χ4n) is 1.72. The van der Waals surface area contributed by atoms with E-state index in [1.54, 1.807) is 24.3 Å². The number of aryl methyl sites for hydroxylation is 1. The summed E-state index contributed by atoms with van der Waals surface area (Å²) in [5.74, 6) is 0.577. The van der Waals surface area contributed by atoms with Crippen molar-refractivity contribution in [2.45, 2.75) is 5.03 Å². The van der Waals surface area contributed by atoms with Gasteiger partial charge in [-0.05, 0) is 12.1 Å². The van der Waals surface area contributed by atoms with E-state index in [1.165, 1.54) is 17.9 Å². The van der Waals surface area contributed by atoms with Gasteiger partial charge in [0, 0.05) is 25.3 Å². The number of hydrogen-bond acceptors (Lipinski definition) is 5. The highest BCUT2D eigenvalue weighted by atomic mass is 35.5. The fourth-order valence-corrected chi connectivity index (χ4v) is 3.38. The highest BCUT2D eigenvalue weighted by Gasteiger charge is 2.22. The Labute approximate surface area is 127 Å². The number of halogens is 1. The molecule has 0 saturated heterocycles. The van der Waals surface area contributed by atoms with Gasteiger partial charge in [0.05, 0.1) is 11.2 Å². The van der Waals surface area contributed by atoms with E-state index in [4.69, 9.17) is 22.1 Å². The highest BCUT2D eigenvalue weighted by Crippen LogP contribution is 2.19. The second kappa shape index (κ2) is 6.33. The molecule has 0 aliphatic heterocycles. The molecule has 3 N–H and O–H groups in total. The lowest BCUT2D eigenvalue weighted by atomic mass is 10.3. The second-order valence-corrected chi connectivity index (χ2v) is 6.33. The first-order valence-corrected chi connectivity index (χ1v) is 7.92. The van der Waals surface area contributed by atoms with Crippen molar-refractivity contribution in [2.75, 3.05) is 18.9 Å². The summed E-state index contributed by atoms with van der Waals surface area (Å²) in [6.07, 6.45) is 1.28. The van der Waals surface area contributed by atoms with E-state index in [9.17, 15) is 8.42 Å². The molecular weight excluding hydrogens is 316 g/mol. The van der Waals surface area contributed by atoms with Crippen LogP contribution in [0.1, 0.15) is 0 Å². The van der Waals surface area contributed by atoms with Crippen molar-refractivity contribution in [1.82, 2.24) is 14.5 Å². The Bertz CT molecular complexity index is 710. The zero-order valence-electron chi connectivity index (χ0n) is 11.3. The average Bonchev–Trinajstić information content (AvgIpc) is 2.75. The van der Waals surface area contributed by atoms with E-state index < -0.39 is 10.0 Å². The van der Waals surface area contributed by atoms with E-state index in [0.717, 1.165) is 0 Å². The van der Waals surface area contributed by atoms with Gasteiger partial charge in [-0.15, -0.1) is 0 Å². The minimum Gasteiger partial charge on any atom is -0.492 e. The van der Waals surface area contributed by atoms with Gasteiger partial charge >= 0.3 is 0 Å². The molecule has 0 unspecified atom stereocenters. The van der Waals surface area contributed by atoms with Crippen molar-refractivity contribution in [3.8, 4) is 5.75 Å². The smallest absolute Gasteiger partial charge is 0.259 e. The summed E-state index contributed by atoms with van der Waals surface area (Å²) in [7, 11) is -2.22. The van der Waals surface area contributed by atoms with Crippen LogP contribution in [-0.2, 0) is 17.1 Å². The summed E-state index contributed by atoms with van der Waals surface area (Å²) < 4.78 is 33.1. The van der Waals surface area contributed by atoms with Crippen LogP contribution in [0.3, 0.4) is 0 Å². The normalized spacial score (nSPS) is 11.5. The van der Waals surface area contributed by atoms with Gasteiger partial charge in [0.1, 0.15) is 12.4 Å². The third-order valence-corrected chi connectivity index (χ3v) is 4.58. The Kier molecular flexibility index (Phi) is 4.71. The van der Waals surface area contributed by atoms with Crippen LogP contribution in [0.5, 0.6) is 5.75 Å². The van der Waals surface area contributed by atoms with Crippen molar-refractivity contribution in [1.29, 1.82) is 0 Å². The summed E-state index contributed by atoms with van der Waals surface area (Å²) in [5.41, 5.74) is 6.19. The number of aromatic nitrogens is 2.